The number of benzene rings is 11. The first-order chi connectivity index (χ1) is 34.8. The van der Waals surface area contributed by atoms with E-state index < -0.39 is 0 Å². The Morgan fingerprint density at radius 1 is 0.300 bits per heavy atom. The van der Waals surface area contributed by atoms with Crippen LogP contribution in [0.3, 0.4) is 0 Å². The van der Waals surface area contributed by atoms with Crippen molar-refractivity contribution in [3.63, 3.8) is 0 Å². The maximum absolute atomic E-state index is 7.45. The highest BCUT2D eigenvalue weighted by molar-refractivity contribution is 7.00. The van der Waals surface area contributed by atoms with Crippen LogP contribution >= 0.6 is 0 Å². The largest absolute Gasteiger partial charge is 0.458 e. The average molecular weight is 897 g/mol. The molecule has 0 spiro atoms. The van der Waals surface area contributed by atoms with Crippen LogP contribution in [0, 0.1) is 0 Å². The molecule has 0 unspecified atom stereocenters. The summed E-state index contributed by atoms with van der Waals surface area (Å²) >= 11 is 0. The number of para-hydroxylation sites is 7. The predicted molar refractivity (Wildman–Crippen MR) is 294 cm³/mol. The third kappa shape index (κ3) is 7.05. The molecule has 330 valence electrons. The standard InChI is InChI=1S/C64H45BN4O/c1-8-24-46(25-9-1)66(47-26-10-2-11-27-47)53-40-41-57-61(43-53)70-62-44-54(67(48-28-12-3-13-29-48)49-30-14-4-15-31-49)42-59-64(62)65(57)63-56-39-23-22-38-55(56)58(45-60(63)69(59)52-36-20-7-21-37-52)68(50-32-16-5-17-33-50)51-34-18-6-19-35-51/h1-45H. The Labute approximate surface area is 409 Å². The van der Waals surface area contributed by atoms with Crippen molar-refractivity contribution in [2.24, 2.45) is 0 Å². The molecule has 5 nitrogen and oxygen atoms in total. The molecular weight excluding hydrogens is 852 g/mol. The van der Waals surface area contributed by atoms with Crippen molar-refractivity contribution in [1.82, 2.24) is 0 Å². The second-order valence-electron chi connectivity index (χ2n) is 17.7. The monoisotopic (exact) mass is 896 g/mol. The quantitative estimate of drug-likeness (QED) is 0.127. The Kier molecular flexibility index (Phi) is 10.2. The van der Waals surface area contributed by atoms with Gasteiger partial charge in [0.05, 0.1) is 11.4 Å². The van der Waals surface area contributed by atoms with E-state index in [1.54, 1.807) is 0 Å². The fourth-order valence-electron chi connectivity index (χ4n) is 10.7. The van der Waals surface area contributed by atoms with Crippen LogP contribution in [0.1, 0.15) is 0 Å². The summed E-state index contributed by atoms with van der Waals surface area (Å²) in [4.78, 5) is 9.52. The Balaban J connectivity index is 1.12. The minimum absolute atomic E-state index is 0.184. The molecule has 70 heavy (non-hydrogen) atoms. The number of nitrogens with zero attached hydrogens (tertiary/aromatic N) is 4. The smallest absolute Gasteiger partial charge is 0.257 e. The Morgan fingerprint density at radius 2 is 0.700 bits per heavy atom. The SMILES string of the molecule is c1ccc(N(c2ccccc2)c2ccc3c(c2)Oc2cc(N(c4ccccc4)c4ccccc4)cc4c2B3c2c(cc(N(c3ccccc3)c3ccccc3)c3ccccc23)N4c2ccccc2)cc1. The molecular formula is C64H45BN4O. The van der Waals surface area contributed by atoms with Gasteiger partial charge in [-0.15, -0.1) is 0 Å². The zero-order valence-electron chi connectivity index (χ0n) is 38.3. The lowest BCUT2D eigenvalue weighted by Gasteiger charge is -2.42. The van der Waals surface area contributed by atoms with Gasteiger partial charge in [-0.05, 0) is 125 Å². The zero-order valence-corrected chi connectivity index (χ0v) is 38.3. The van der Waals surface area contributed by atoms with Crippen molar-refractivity contribution in [3.05, 3.63) is 273 Å². The lowest BCUT2D eigenvalue weighted by molar-refractivity contribution is 0.488. The van der Waals surface area contributed by atoms with Crippen LogP contribution in [-0.2, 0) is 0 Å². The van der Waals surface area contributed by atoms with E-state index in [1.807, 2.05) is 0 Å². The van der Waals surface area contributed by atoms with Gasteiger partial charge in [-0.3, -0.25) is 0 Å². The van der Waals surface area contributed by atoms with E-state index >= 15 is 0 Å². The summed E-state index contributed by atoms with van der Waals surface area (Å²) in [5, 5.41) is 2.34. The van der Waals surface area contributed by atoms with Crippen molar-refractivity contribution >= 4 is 102 Å². The molecule has 0 aliphatic carbocycles. The summed E-state index contributed by atoms with van der Waals surface area (Å²) in [6.07, 6.45) is 0. The van der Waals surface area contributed by atoms with Gasteiger partial charge in [0.1, 0.15) is 11.5 Å². The molecule has 13 rings (SSSR count). The molecule has 0 fully saturated rings. The predicted octanol–water partition coefficient (Wildman–Crippen LogP) is 15.7. The number of hydrogen-bond donors (Lipinski definition) is 0. The third-order valence-electron chi connectivity index (χ3n) is 13.6. The molecule has 0 aromatic heterocycles. The first kappa shape index (κ1) is 41.0. The summed E-state index contributed by atoms with van der Waals surface area (Å²) in [6, 6.07) is 97.5. The van der Waals surface area contributed by atoms with Gasteiger partial charge in [0.15, 0.2) is 0 Å². The van der Waals surface area contributed by atoms with Gasteiger partial charge in [-0.25, -0.2) is 0 Å². The van der Waals surface area contributed by atoms with Gasteiger partial charge >= 0.3 is 0 Å². The van der Waals surface area contributed by atoms with Crippen molar-refractivity contribution in [1.29, 1.82) is 0 Å². The highest BCUT2D eigenvalue weighted by atomic mass is 16.5. The van der Waals surface area contributed by atoms with E-state index in [2.05, 4.69) is 293 Å². The second-order valence-corrected chi connectivity index (χ2v) is 17.7. The molecule has 11 aromatic rings. The lowest BCUT2D eigenvalue weighted by atomic mass is 9.33. The average Bonchev–Trinajstić information content (AvgIpc) is 3.43. The fraction of sp³-hybridized carbons (Fsp3) is 0. The highest BCUT2D eigenvalue weighted by Gasteiger charge is 2.44. The number of ether oxygens (including phenoxy) is 1. The van der Waals surface area contributed by atoms with Gasteiger partial charge in [-0.1, -0.05) is 158 Å². The summed E-state index contributed by atoms with van der Waals surface area (Å²) in [6.45, 7) is -0.184. The van der Waals surface area contributed by atoms with Gasteiger partial charge in [0, 0.05) is 74.4 Å². The lowest BCUT2D eigenvalue weighted by Crippen LogP contribution is -2.59. The molecule has 0 N–H and O–H groups in total. The summed E-state index contributed by atoms with van der Waals surface area (Å²) in [7, 11) is 0. The maximum Gasteiger partial charge on any atom is 0.257 e. The number of fused-ring (bicyclic) bond motifs is 6. The molecule has 0 saturated carbocycles. The van der Waals surface area contributed by atoms with Gasteiger partial charge in [-0.2, -0.15) is 0 Å². The molecule has 0 amide bonds. The Bertz CT molecular complexity index is 3520. The molecule has 2 heterocycles. The van der Waals surface area contributed by atoms with Crippen molar-refractivity contribution in [2.45, 2.75) is 0 Å². The van der Waals surface area contributed by atoms with Crippen LogP contribution in [0.4, 0.5) is 68.2 Å². The number of hydrogen-bond acceptors (Lipinski definition) is 5. The normalized spacial score (nSPS) is 12.1. The molecule has 2 aliphatic heterocycles. The van der Waals surface area contributed by atoms with E-state index in [9.17, 15) is 0 Å². The number of rotatable bonds is 10. The fourth-order valence-corrected chi connectivity index (χ4v) is 10.7. The van der Waals surface area contributed by atoms with Crippen LogP contribution in [0.15, 0.2) is 273 Å². The zero-order chi connectivity index (χ0) is 46.4. The highest BCUT2D eigenvalue weighted by Crippen LogP contribution is 2.50. The van der Waals surface area contributed by atoms with E-state index in [0.29, 0.717) is 0 Å². The summed E-state index contributed by atoms with van der Waals surface area (Å²) in [5.74, 6) is 1.64. The second kappa shape index (κ2) is 17.4. The van der Waals surface area contributed by atoms with Crippen LogP contribution in [0.25, 0.3) is 10.8 Å². The minimum atomic E-state index is -0.184. The van der Waals surface area contributed by atoms with Crippen LogP contribution in [0.2, 0.25) is 0 Å². The van der Waals surface area contributed by atoms with E-state index in [4.69, 9.17) is 4.74 Å². The molecule has 0 bridgehead atoms. The Morgan fingerprint density at radius 3 is 1.20 bits per heavy atom. The topological polar surface area (TPSA) is 22.2 Å². The third-order valence-corrected chi connectivity index (χ3v) is 13.6. The van der Waals surface area contributed by atoms with Crippen molar-refractivity contribution in [2.75, 3.05) is 19.6 Å². The Hall–Kier alpha value is -9.26. The van der Waals surface area contributed by atoms with Gasteiger partial charge in [0.2, 0.25) is 0 Å². The summed E-state index contributed by atoms with van der Waals surface area (Å²) < 4.78 is 7.45. The van der Waals surface area contributed by atoms with E-state index in [0.717, 1.165) is 96.1 Å². The molecule has 2 aliphatic rings. The summed E-state index contributed by atoms with van der Waals surface area (Å²) in [5.41, 5.74) is 16.2. The first-order valence-electron chi connectivity index (χ1n) is 23.9. The minimum Gasteiger partial charge on any atom is -0.458 e. The van der Waals surface area contributed by atoms with E-state index in [-0.39, 0.29) is 6.71 Å². The van der Waals surface area contributed by atoms with Crippen LogP contribution in [-0.4, -0.2) is 6.71 Å². The molecule has 0 radical (unpaired) electrons. The molecule has 0 saturated heterocycles. The van der Waals surface area contributed by atoms with Crippen molar-refractivity contribution in [3.8, 4) is 11.5 Å². The van der Waals surface area contributed by atoms with E-state index in [1.165, 1.54) is 10.8 Å². The van der Waals surface area contributed by atoms with Gasteiger partial charge < -0.3 is 24.3 Å². The maximum atomic E-state index is 7.45. The molecule has 6 heteroatoms. The molecule has 0 atom stereocenters. The van der Waals surface area contributed by atoms with Crippen molar-refractivity contribution < 1.29 is 4.74 Å². The van der Waals surface area contributed by atoms with Crippen LogP contribution < -0.4 is 40.7 Å². The van der Waals surface area contributed by atoms with Gasteiger partial charge in [0.25, 0.3) is 6.71 Å². The van der Waals surface area contributed by atoms with Crippen LogP contribution in [0.5, 0.6) is 11.5 Å². The first-order valence-corrected chi connectivity index (χ1v) is 23.9. The number of anilines is 12. The molecule has 11 aromatic carbocycles.